The molecule has 0 aliphatic heterocycles. The van der Waals surface area contributed by atoms with Crippen LogP contribution in [0.1, 0.15) is 6.92 Å². The lowest BCUT2D eigenvalue weighted by molar-refractivity contribution is 1.34. The van der Waals surface area contributed by atoms with Gasteiger partial charge in [-0.25, -0.2) is 0 Å². The highest BCUT2D eigenvalue weighted by molar-refractivity contribution is 9.09. The summed E-state index contributed by atoms with van der Waals surface area (Å²) in [6.07, 6.45) is 5.72. The summed E-state index contributed by atoms with van der Waals surface area (Å²) in [4.78, 5) is 0. The molecule has 0 fully saturated rings. The highest BCUT2D eigenvalue weighted by Gasteiger charge is 1.77. The van der Waals surface area contributed by atoms with Gasteiger partial charge < -0.3 is 5.73 Å². The fourth-order valence-corrected chi connectivity index (χ4v) is 0.451. The quantitative estimate of drug-likeness (QED) is 0.503. The van der Waals surface area contributed by atoms with Gasteiger partial charge in [-0.3, -0.25) is 0 Å². The molecule has 0 atom stereocenters. The number of hydrogen-bond acceptors (Lipinski definition) is 1. The maximum Gasteiger partial charge on any atom is 0.0429 e. The molecule has 0 aliphatic rings. The second-order valence-electron chi connectivity index (χ2n) is 1.40. The Morgan fingerprint density at radius 3 is 2.75 bits per heavy atom. The van der Waals surface area contributed by atoms with Crippen molar-refractivity contribution in [3.63, 3.8) is 0 Å². The molecule has 0 radical (unpaired) electrons. The number of rotatable bonds is 2. The Morgan fingerprint density at radius 1 is 1.75 bits per heavy atom. The van der Waals surface area contributed by atoms with Gasteiger partial charge >= 0.3 is 0 Å². The first-order valence-corrected chi connectivity index (χ1v) is 3.56. The van der Waals surface area contributed by atoms with E-state index in [1.165, 1.54) is 0 Å². The third kappa shape index (κ3) is 3.93. The van der Waals surface area contributed by atoms with Gasteiger partial charge in [0, 0.05) is 11.0 Å². The molecule has 0 saturated carbocycles. The standard InChI is InChI=1S/C6H10BrN/c1-2-3-4-6(8)5-7/h2-4H,5,8H2,1H3/b3-2-,6-4-. The number of alkyl halides is 1. The van der Waals surface area contributed by atoms with Crippen LogP contribution < -0.4 is 5.73 Å². The van der Waals surface area contributed by atoms with Crippen molar-refractivity contribution in [3.8, 4) is 0 Å². The Bertz CT molecular complexity index is 105. The molecule has 0 aliphatic carbocycles. The van der Waals surface area contributed by atoms with E-state index in [0.29, 0.717) is 0 Å². The van der Waals surface area contributed by atoms with Crippen molar-refractivity contribution >= 4 is 15.9 Å². The first-order chi connectivity index (χ1) is 3.81. The van der Waals surface area contributed by atoms with Gasteiger partial charge in [-0.2, -0.15) is 0 Å². The molecule has 0 bridgehead atoms. The molecule has 0 aromatic carbocycles. The maximum absolute atomic E-state index is 5.42. The molecular formula is C6H10BrN. The topological polar surface area (TPSA) is 26.0 Å². The largest absolute Gasteiger partial charge is 0.401 e. The summed E-state index contributed by atoms with van der Waals surface area (Å²) < 4.78 is 0. The first-order valence-electron chi connectivity index (χ1n) is 2.44. The van der Waals surface area contributed by atoms with E-state index >= 15 is 0 Å². The van der Waals surface area contributed by atoms with Gasteiger partial charge in [0.1, 0.15) is 0 Å². The van der Waals surface area contributed by atoms with Crippen molar-refractivity contribution in [2.24, 2.45) is 5.73 Å². The molecule has 0 aromatic heterocycles. The second-order valence-corrected chi connectivity index (χ2v) is 1.96. The average Bonchev–Trinajstić information content (AvgIpc) is 1.83. The Kier molecular flexibility index (Phi) is 4.76. The van der Waals surface area contributed by atoms with E-state index in [9.17, 15) is 0 Å². The molecule has 0 heterocycles. The van der Waals surface area contributed by atoms with Crippen molar-refractivity contribution < 1.29 is 0 Å². The smallest absolute Gasteiger partial charge is 0.0429 e. The lowest BCUT2D eigenvalue weighted by Gasteiger charge is -1.86. The zero-order chi connectivity index (χ0) is 6.41. The normalized spacial score (nSPS) is 13.0. The third-order valence-electron chi connectivity index (χ3n) is 0.657. The van der Waals surface area contributed by atoms with Crippen molar-refractivity contribution in [3.05, 3.63) is 23.9 Å². The summed E-state index contributed by atoms with van der Waals surface area (Å²) in [6, 6.07) is 0. The van der Waals surface area contributed by atoms with Gasteiger partial charge in [0.2, 0.25) is 0 Å². The Balaban J connectivity index is 3.57. The Morgan fingerprint density at radius 2 is 2.38 bits per heavy atom. The predicted octanol–water partition coefficient (Wildman–Crippen LogP) is 1.80. The van der Waals surface area contributed by atoms with Crippen molar-refractivity contribution in [2.45, 2.75) is 6.92 Å². The summed E-state index contributed by atoms with van der Waals surface area (Å²) in [7, 11) is 0. The SMILES string of the molecule is C/C=C\C=C(/N)CBr. The second kappa shape index (κ2) is 4.91. The van der Waals surface area contributed by atoms with E-state index in [-0.39, 0.29) is 0 Å². The van der Waals surface area contributed by atoms with Gasteiger partial charge in [0.25, 0.3) is 0 Å². The zero-order valence-electron chi connectivity index (χ0n) is 4.89. The Hall–Kier alpha value is -0.240. The fourth-order valence-electron chi connectivity index (χ4n) is 0.264. The van der Waals surface area contributed by atoms with Crippen LogP contribution >= 0.6 is 15.9 Å². The molecule has 0 amide bonds. The van der Waals surface area contributed by atoms with E-state index in [4.69, 9.17) is 5.73 Å². The van der Waals surface area contributed by atoms with Gasteiger partial charge in [-0.05, 0) is 13.0 Å². The summed E-state index contributed by atoms with van der Waals surface area (Å²) in [6.45, 7) is 1.96. The molecule has 0 saturated heterocycles. The summed E-state index contributed by atoms with van der Waals surface area (Å²) >= 11 is 3.22. The number of allylic oxidation sites excluding steroid dienone is 4. The van der Waals surface area contributed by atoms with Crippen LogP contribution in [0.25, 0.3) is 0 Å². The number of nitrogens with two attached hydrogens (primary N) is 1. The van der Waals surface area contributed by atoms with Crippen LogP contribution in [0, 0.1) is 0 Å². The molecular weight excluding hydrogens is 166 g/mol. The summed E-state index contributed by atoms with van der Waals surface area (Å²) in [5.74, 6) is 0. The minimum absolute atomic E-state index is 0.747. The van der Waals surface area contributed by atoms with E-state index in [1.807, 2.05) is 25.2 Å². The van der Waals surface area contributed by atoms with Crippen LogP contribution in [0.5, 0.6) is 0 Å². The highest BCUT2D eigenvalue weighted by atomic mass is 79.9. The minimum atomic E-state index is 0.747. The van der Waals surface area contributed by atoms with E-state index < -0.39 is 0 Å². The van der Waals surface area contributed by atoms with Crippen molar-refractivity contribution in [1.29, 1.82) is 0 Å². The maximum atomic E-state index is 5.42. The molecule has 0 spiro atoms. The van der Waals surface area contributed by atoms with E-state index in [2.05, 4.69) is 15.9 Å². The average molecular weight is 176 g/mol. The molecule has 0 unspecified atom stereocenters. The van der Waals surface area contributed by atoms with E-state index in [0.717, 1.165) is 11.0 Å². The molecule has 0 rings (SSSR count). The third-order valence-corrected chi connectivity index (χ3v) is 1.30. The molecule has 2 heteroatoms. The van der Waals surface area contributed by atoms with Gasteiger partial charge in [0.15, 0.2) is 0 Å². The van der Waals surface area contributed by atoms with Crippen molar-refractivity contribution in [1.82, 2.24) is 0 Å². The van der Waals surface area contributed by atoms with Crippen LogP contribution in [-0.4, -0.2) is 5.33 Å². The van der Waals surface area contributed by atoms with E-state index in [1.54, 1.807) is 0 Å². The Labute approximate surface area is 58.4 Å². The highest BCUT2D eigenvalue weighted by Crippen LogP contribution is 1.90. The first kappa shape index (κ1) is 7.76. The van der Waals surface area contributed by atoms with Crippen molar-refractivity contribution in [2.75, 3.05) is 5.33 Å². The lowest BCUT2D eigenvalue weighted by atomic mass is 10.4. The molecule has 2 N–H and O–H groups in total. The van der Waals surface area contributed by atoms with Gasteiger partial charge in [0.05, 0.1) is 0 Å². The zero-order valence-corrected chi connectivity index (χ0v) is 6.48. The van der Waals surface area contributed by atoms with Crippen LogP contribution in [0.3, 0.4) is 0 Å². The molecule has 0 aromatic rings. The predicted molar refractivity (Wildman–Crippen MR) is 40.9 cm³/mol. The molecule has 8 heavy (non-hydrogen) atoms. The molecule has 46 valence electrons. The molecule has 1 nitrogen and oxygen atoms in total. The summed E-state index contributed by atoms with van der Waals surface area (Å²) in [5, 5.41) is 0.747. The number of hydrogen-bond donors (Lipinski definition) is 1. The minimum Gasteiger partial charge on any atom is -0.401 e. The van der Waals surface area contributed by atoms with Gasteiger partial charge in [-0.1, -0.05) is 28.1 Å². The van der Waals surface area contributed by atoms with Crippen LogP contribution in [0.2, 0.25) is 0 Å². The lowest BCUT2D eigenvalue weighted by Crippen LogP contribution is -1.95. The monoisotopic (exact) mass is 175 g/mol. The van der Waals surface area contributed by atoms with Crippen LogP contribution in [0.15, 0.2) is 23.9 Å². The van der Waals surface area contributed by atoms with Crippen LogP contribution in [0.4, 0.5) is 0 Å². The summed E-state index contributed by atoms with van der Waals surface area (Å²) in [5.41, 5.74) is 6.27. The number of halogens is 1. The van der Waals surface area contributed by atoms with Crippen LogP contribution in [-0.2, 0) is 0 Å². The van der Waals surface area contributed by atoms with Gasteiger partial charge in [-0.15, -0.1) is 0 Å². The fraction of sp³-hybridized carbons (Fsp3) is 0.333.